The number of nitrogens with one attached hydrogen (secondary N) is 1. The highest BCUT2D eigenvalue weighted by molar-refractivity contribution is 5.98. The zero-order chi connectivity index (χ0) is 21.2. The number of carbonyl (C=O) groups is 1. The van der Waals surface area contributed by atoms with E-state index in [0.717, 1.165) is 54.0 Å². The van der Waals surface area contributed by atoms with Gasteiger partial charge in [0, 0.05) is 61.3 Å². The maximum atomic E-state index is 12.9. The fraction of sp³-hybridized carbons (Fsp3) is 0.261. The molecule has 0 atom stereocenters. The van der Waals surface area contributed by atoms with Crippen LogP contribution in [0, 0.1) is 0 Å². The summed E-state index contributed by atoms with van der Waals surface area (Å²) < 4.78 is 0. The minimum atomic E-state index is -0.0110. The topological polar surface area (TPSA) is 90.9 Å². The first kappa shape index (κ1) is 19.3. The Hall–Kier alpha value is -3.65. The van der Waals surface area contributed by atoms with E-state index in [-0.39, 0.29) is 12.2 Å². The molecule has 0 unspecified atom stereocenters. The Labute approximate surface area is 180 Å². The lowest BCUT2D eigenvalue weighted by molar-refractivity contribution is 0.0991. The lowest BCUT2D eigenvalue weighted by Gasteiger charge is -2.33. The fourth-order valence-corrected chi connectivity index (χ4v) is 3.78. The number of carbonyl (C=O) groups excluding carboxylic acids is 1. The van der Waals surface area contributed by atoms with Crippen LogP contribution >= 0.6 is 0 Å². The van der Waals surface area contributed by atoms with Crippen LogP contribution in [-0.4, -0.2) is 69.1 Å². The van der Waals surface area contributed by atoms with Gasteiger partial charge in [-0.25, -0.2) is 15.0 Å². The molecular formula is C23H23N7O. The van der Waals surface area contributed by atoms with Crippen molar-refractivity contribution in [2.75, 3.05) is 38.1 Å². The average molecular weight is 413 g/mol. The van der Waals surface area contributed by atoms with E-state index in [1.165, 1.54) is 0 Å². The number of aromatic nitrogens is 5. The highest BCUT2D eigenvalue weighted by Gasteiger charge is 2.17. The highest BCUT2D eigenvalue weighted by Crippen LogP contribution is 2.22. The number of pyridine rings is 1. The molecule has 1 aromatic carbocycles. The molecule has 0 aliphatic carbocycles. The van der Waals surface area contributed by atoms with E-state index < -0.39 is 0 Å². The van der Waals surface area contributed by atoms with Crippen molar-refractivity contribution in [2.45, 2.75) is 6.42 Å². The zero-order valence-corrected chi connectivity index (χ0v) is 17.3. The smallest absolute Gasteiger partial charge is 0.170 e. The number of ketones is 1. The number of Topliss-reactive ketones (excluding diaryl/α,β-unsaturated/α-hetero) is 1. The van der Waals surface area contributed by atoms with Crippen LogP contribution in [0.4, 0.5) is 5.82 Å². The van der Waals surface area contributed by atoms with Crippen molar-refractivity contribution < 1.29 is 4.79 Å². The predicted molar refractivity (Wildman–Crippen MR) is 119 cm³/mol. The van der Waals surface area contributed by atoms with Gasteiger partial charge in [-0.15, -0.1) is 0 Å². The molecule has 0 bridgehead atoms. The standard InChI is InChI=1S/C23H23N7O/c1-29-6-8-30(9-7-29)23-11-17(4-5-24-23)21(31)12-22-25-13-18-3-2-16(10-20(18)28-22)19-14-26-27-15-19/h2-5,10-11,13-15H,6-9,12H2,1H3,(H,26,27). The maximum absolute atomic E-state index is 12.9. The normalized spacial score (nSPS) is 14.8. The van der Waals surface area contributed by atoms with Crippen molar-refractivity contribution in [1.29, 1.82) is 0 Å². The zero-order valence-electron chi connectivity index (χ0n) is 17.3. The number of nitrogens with zero attached hydrogens (tertiary/aromatic N) is 6. The molecule has 0 amide bonds. The summed E-state index contributed by atoms with van der Waals surface area (Å²) in [5.41, 5.74) is 3.46. The van der Waals surface area contributed by atoms with Gasteiger partial charge in [-0.05, 0) is 30.8 Å². The van der Waals surface area contributed by atoms with Gasteiger partial charge in [-0.1, -0.05) is 12.1 Å². The van der Waals surface area contributed by atoms with Crippen molar-refractivity contribution in [2.24, 2.45) is 0 Å². The molecule has 3 aromatic heterocycles. The average Bonchev–Trinajstić information content (AvgIpc) is 3.34. The molecule has 1 fully saturated rings. The van der Waals surface area contributed by atoms with E-state index in [2.05, 4.69) is 42.0 Å². The molecule has 0 spiro atoms. The van der Waals surface area contributed by atoms with Crippen LogP contribution < -0.4 is 4.90 Å². The molecule has 0 saturated carbocycles. The van der Waals surface area contributed by atoms with Crippen LogP contribution in [-0.2, 0) is 6.42 Å². The maximum Gasteiger partial charge on any atom is 0.170 e. The number of likely N-dealkylation sites (N-methyl/N-ethyl adjacent to an activating group) is 1. The Morgan fingerprint density at radius 2 is 1.90 bits per heavy atom. The minimum Gasteiger partial charge on any atom is -0.354 e. The fourth-order valence-electron chi connectivity index (χ4n) is 3.78. The number of rotatable bonds is 5. The molecule has 8 nitrogen and oxygen atoms in total. The Balaban J connectivity index is 1.35. The summed E-state index contributed by atoms with van der Waals surface area (Å²) in [5, 5.41) is 7.76. The largest absolute Gasteiger partial charge is 0.354 e. The number of hydrogen-bond donors (Lipinski definition) is 1. The van der Waals surface area contributed by atoms with Crippen LogP contribution in [0.2, 0.25) is 0 Å². The predicted octanol–water partition coefficient (Wildman–Crippen LogP) is 2.59. The Morgan fingerprint density at radius 1 is 1.03 bits per heavy atom. The lowest BCUT2D eigenvalue weighted by atomic mass is 10.1. The number of benzene rings is 1. The van der Waals surface area contributed by atoms with E-state index in [1.807, 2.05) is 30.5 Å². The van der Waals surface area contributed by atoms with Crippen molar-refractivity contribution in [1.82, 2.24) is 30.0 Å². The first-order valence-corrected chi connectivity index (χ1v) is 10.3. The van der Waals surface area contributed by atoms with Crippen molar-refractivity contribution in [3.05, 3.63) is 66.5 Å². The monoisotopic (exact) mass is 413 g/mol. The first-order chi connectivity index (χ1) is 15.2. The number of hydrogen-bond acceptors (Lipinski definition) is 7. The van der Waals surface area contributed by atoms with E-state index in [1.54, 1.807) is 24.7 Å². The molecule has 1 N–H and O–H groups in total. The molecule has 1 aliphatic rings. The summed E-state index contributed by atoms with van der Waals surface area (Å²) >= 11 is 0. The molecule has 4 heterocycles. The second-order valence-corrected chi connectivity index (χ2v) is 7.84. The van der Waals surface area contributed by atoms with Crippen LogP contribution in [0.25, 0.3) is 22.0 Å². The number of fused-ring (bicyclic) bond motifs is 1. The molecule has 4 aromatic rings. The van der Waals surface area contributed by atoms with Crippen LogP contribution in [0.5, 0.6) is 0 Å². The Kier molecular flexibility index (Phi) is 5.13. The number of aromatic amines is 1. The Bertz CT molecular complexity index is 1210. The molecule has 5 rings (SSSR count). The summed E-state index contributed by atoms with van der Waals surface area (Å²) in [7, 11) is 2.12. The highest BCUT2D eigenvalue weighted by atomic mass is 16.1. The summed E-state index contributed by atoms with van der Waals surface area (Å²) in [4.78, 5) is 31.0. The second kappa shape index (κ2) is 8.23. The van der Waals surface area contributed by atoms with Gasteiger partial charge in [0.25, 0.3) is 0 Å². The van der Waals surface area contributed by atoms with Gasteiger partial charge in [0.2, 0.25) is 0 Å². The third-order valence-electron chi connectivity index (χ3n) is 5.68. The number of anilines is 1. The first-order valence-electron chi connectivity index (χ1n) is 10.3. The van der Waals surface area contributed by atoms with Gasteiger partial charge in [0.15, 0.2) is 5.78 Å². The van der Waals surface area contributed by atoms with E-state index in [0.29, 0.717) is 11.4 Å². The van der Waals surface area contributed by atoms with Crippen LogP contribution in [0.3, 0.4) is 0 Å². The SMILES string of the molecule is CN1CCN(c2cc(C(=O)Cc3ncc4ccc(-c5cn[nH]c5)cc4n3)ccn2)CC1. The van der Waals surface area contributed by atoms with E-state index >= 15 is 0 Å². The van der Waals surface area contributed by atoms with Crippen molar-refractivity contribution in [3.63, 3.8) is 0 Å². The van der Waals surface area contributed by atoms with Gasteiger partial charge in [0.1, 0.15) is 11.6 Å². The van der Waals surface area contributed by atoms with Crippen LogP contribution in [0.1, 0.15) is 16.2 Å². The van der Waals surface area contributed by atoms with Crippen LogP contribution in [0.15, 0.2) is 55.1 Å². The molecule has 156 valence electrons. The molecule has 1 saturated heterocycles. The minimum absolute atomic E-state index is 0.0110. The van der Waals surface area contributed by atoms with Gasteiger partial charge < -0.3 is 9.80 Å². The summed E-state index contributed by atoms with van der Waals surface area (Å²) in [5.74, 6) is 1.35. The Morgan fingerprint density at radius 3 is 2.71 bits per heavy atom. The molecule has 8 heteroatoms. The van der Waals surface area contributed by atoms with E-state index in [4.69, 9.17) is 0 Å². The quantitative estimate of drug-likeness (QED) is 0.503. The third-order valence-corrected chi connectivity index (χ3v) is 5.68. The van der Waals surface area contributed by atoms with Crippen molar-refractivity contribution in [3.8, 4) is 11.1 Å². The van der Waals surface area contributed by atoms with Gasteiger partial charge in [-0.3, -0.25) is 9.89 Å². The lowest BCUT2D eigenvalue weighted by Crippen LogP contribution is -2.44. The van der Waals surface area contributed by atoms with Gasteiger partial charge in [0.05, 0.1) is 18.1 Å². The van der Waals surface area contributed by atoms with Gasteiger partial charge >= 0.3 is 0 Å². The van der Waals surface area contributed by atoms with E-state index in [9.17, 15) is 4.79 Å². The number of piperazine rings is 1. The number of H-pyrrole nitrogens is 1. The van der Waals surface area contributed by atoms with Gasteiger partial charge in [-0.2, -0.15) is 5.10 Å². The molecular weight excluding hydrogens is 390 g/mol. The third kappa shape index (κ3) is 4.15. The molecule has 31 heavy (non-hydrogen) atoms. The molecule has 0 radical (unpaired) electrons. The summed E-state index contributed by atoms with van der Waals surface area (Å²) in [6.07, 6.45) is 7.24. The molecule has 1 aliphatic heterocycles. The van der Waals surface area contributed by atoms with Crippen molar-refractivity contribution >= 4 is 22.5 Å². The summed E-state index contributed by atoms with van der Waals surface area (Å²) in [6, 6.07) is 9.63. The second-order valence-electron chi connectivity index (χ2n) is 7.84. The summed E-state index contributed by atoms with van der Waals surface area (Å²) in [6.45, 7) is 3.80.